The van der Waals surface area contributed by atoms with Crippen LogP contribution in [0.4, 0.5) is 5.69 Å². The molecule has 3 rings (SSSR count). The molecule has 9 nitrogen and oxygen atoms in total. The van der Waals surface area contributed by atoms with Crippen molar-refractivity contribution in [2.24, 2.45) is 7.05 Å². The molecule has 0 unspecified atom stereocenters. The van der Waals surface area contributed by atoms with Gasteiger partial charge in [0.25, 0.3) is 5.91 Å². The van der Waals surface area contributed by atoms with Crippen LogP contribution in [0.3, 0.4) is 0 Å². The highest BCUT2D eigenvalue weighted by Crippen LogP contribution is 2.21. The average Bonchev–Trinajstić information content (AvgIpc) is 3.26. The quantitative estimate of drug-likeness (QED) is 0.590. The first kappa shape index (κ1) is 19.7. The van der Waals surface area contributed by atoms with Gasteiger partial charge in [0.05, 0.1) is 6.54 Å². The summed E-state index contributed by atoms with van der Waals surface area (Å²) in [5.41, 5.74) is 1.22. The summed E-state index contributed by atoms with van der Waals surface area (Å²) in [6.45, 7) is 0.972. The molecular weight excluding hydrogens is 380 g/mol. The fourth-order valence-corrected chi connectivity index (χ4v) is 3.11. The molecule has 3 amide bonds. The lowest BCUT2D eigenvalue weighted by Gasteiger charge is -2.15. The molecule has 148 valence electrons. The summed E-state index contributed by atoms with van der Waals surface area (Å²) in [5, 5.41) is 12.1. The number of benzene rings is 1. The predicted octanol–water partition coefficient (Wildman–Crippen LogP) is 0.693. The lowest BCUT2D eigenvalue weighted by atomic mass is 10.2. The van der Waals surface area contributed by atoms with Gasteiger partial charge in [-0.15, -0.1) is 0 Å². The highest BCUT2D eigenvalue weighted by molar-refractivity contribution is 7.71. The summed E-state index contributed by atoms with van der Waals surface area (Å²) in [6, 6.07) is 6.79. The lowest BCUT2D eigenvalue weighted by Crippen LogP contribution is -2.37. The SMILES string of the molecule is Cn1c(CCNC(=O)CNC(=O)c2ccc(N3CCCC3=O)cc2)n[nH]c1=S. The number of nitrogens with zero attached hydrogens (tertiary/aromatic N) is 3. The second-order valence-corrected chi connectivity index (χ2v) is 6.87. The molecule has 1 aliphatic heterocycles. The molecular formula is C18H22N6O3S. The number of nitrogens with one attached hydrogen (secondary N) is 3. The summed E-state index contributed by atoms with van der Waals surface area (Å²) in [5.74, 6) is 0.209. The van der Waals surface area contributed by atoms with Crippen LogP contribution in [-0.2, 0) is 23.1 Å². The maximum atomic E-state index is 12.2. The summed E-state index contributed by atoms with van der Waals surface area (Å²) < 4.78 is 2.26. The van der Waals surface area contributed by atoms with Crippen molar-refractivity contribution in [2.75, 3.05) is 24.5 Å². The van der Waals surface area contributed by atoms with Gasteiger partial charge in [-0.1, -0.05) is 0 Å². The number of aromatic amines is 1. The molecule has 2 heterocycles. The van der Waals surface area contributed by atoms with E-state index in [0.717, 1.165) is 17.9 Å². The first-order valence-corrected chi connectivity index (χ1v) is 9.42. The number of rotatable bonds is 7. The fourth-order valence-electron chi connectivity index (χ4n) is 2.96. The first-order valence-electron chi connectivity index (χ1n) is 9.01. The standard InChI is InChI=1S/C18H22N6O3S/c1-23-14(21-22-18(23)28)8-9-19-15(25)11-20-17(27)12-4-6-13(7-5-12)24-10-2-3-16(24)26/h4-7H,2-3,8-11H2,1H3,(H,19,25)(H,20,27)(H,22,28). The van der Waals surface area contributed by atoms with Crippen molar-refractivity contribution in [3.8, 4) is 0 Å². The smallest absolute Gasteiger partial charge is 0.251 e. The normalized spacial score (nSPS) is 13.6. The minimum Gasteiger partial charge on any atom is -0.354 e. The Kier molecular flexibility index (Phi) is 6.19. The van der Waals surface area contributed by atoms with Crippen LogP contribution >= 0.6 is 12.2 Å². The zero-order valence-electron chi connectivity index (χ0n) is 15.5. The zero-order valence-corrected chi connectivity index (χ0v) is 16.3. The molecule has 1 fully saturated rings. The molecule has 28 heavy (non-hydrogen) atoms. The highest BCUT2D eigenvalue weighted by Gasteiger charge is 2.21. The van der Waals surface area contributed by atoms with Gasteiger partial charge >= 0.3 is 0 Å². The van der Waals surface area contributed by atoms with Crippen molar-refractivity contribution in [2.45, 2.75) is 19.3 Å². The second kappa shape index (κ2) is 8.79. The Bertz CT molecular complexity index is 934. The number of H-pyrrole nitrogens is 1. The number of hydrogen-bond donors (Lipinski definition) is 3. The second-order valence-electron chi connectivity index (χ2n) is 6.48. The van der Waals surface area contributed by atoms with Gasteiger partial charge < -0.3 is 20.1 Å². The third-order valence-electron chi connectivity index (χ3n) is 4.57. The van der Waals surface area contributed by atoms with Crippen LogP contribution in [0.1, 0.15) is 29.0 Å². The predicted molar refractivity (Wildman–Crippen MR) is 105 cm³/mol. The Morgan fingerprint density at radius 3 is 2.61 bits per heavy atom. The Balaban J connectivity index is 1.43. The molecule has 1 aromatic heterocycles. The van der Waals surface area contributed by atoms with E-state index in [0.29, 0.717) is 36.3 Å². The average molecular weight is 402 g/mol. The molecule has 3 N–H and O–H groups in total. The maximum Gasteiger partial charge on any atom is 0.251 e. The van der Waals surface area contributed by atoms with Crippen molar-refractivity contribution in [3.05, 3.63) is 40.4 Å². The van der Waals surface area contributed by atoms with Gasteiger partial charge in [0, 0.05) is 44.2 Å². The van der Waals surface area contributed by atoms with E-state index >= 15 is 0 Å². The Hall–Kier alpha value is -3.01. The minimum absolute atomic E-state index is 0.0984. The third kappa shape index (κ3) is 4.63. The molecule has 2 aromatic rings. The molecule has 0 spiro atoms. The van der Waals surface area contributed by atoms with Crippen molar-refractivity contribution < 1.29 is 14.4 Å². The summed E-state index contributed by atoms with van der Waals surface area (Å²) in [7, 11) is 1.80. The third-order valence-corrected chi connectivity index (χ3v) is 4.93. The van der Waals surface area contributed by atoms with Gasteiger partial charge in [-0.2, -0.15) is 5.10 Å². The number of anilines is 1. The van der Waals surface area contributed by atoms with Gasteiger partial charge in [-0.25, -0.2) is 0 Å². The number of hydrogen-bond acceptors (Lipinski definition) is 5. The summed E-state index contributed by atoms with van der Waals surface area (Å²) >= 11 is 5.03. The molecule has 0 atom stereocenters. The Morgan fingerprint density at radius 2 is 2.00 bits per heavy atom. The molecule has 0 aliphatic carbocycles. The zero-order chi connectivity index (χ0) is 20.1. The van der Waals surface area contributed by atoms with Crippen molar-refractivity contribution in [1.82, 2.24) is 25.4 Å². The maximum absolute atomic E-state index is 12.2. The Morgan fingerprint density at radius 1 is 1.25 bits per heavy atom. The fraction of sp³-hybridized carbons (Fsp3) is 0.389. The van der Waals surface area contributed by atoms with Crippen LogP contribution in [0.25, 0.3) is 0 Å². The van der Waals surface area contributed by atoms with Gasteiger partial charge in [0.15, 0.2) is 4.77 Å². The molecule has 0 bridgehead atoms. The molecule has 0 radical (unpaired) electrons. The number of carbonyl (C=O) groups is 3. The van der Waals surface area contributed by atoms with E-state index in [1.165, 1.54) is 0 Å². The molecule has 1 saturated heterocycles. The van der Waals surface area contributed by atoms with E-state index in [4.69, 9.17) is 12.2 Å². The largest absolute Gasteiger partial charge is 0.354 e. The molecule has 1 aromatic carbocycles. The van der Waals surface area contributed by atoms with Gasteiger partial charge in [-0.3, -0.25) is 19.5 Å². The van der Waals surface area contributed by atoms with Gasteiger partial charge in [-0.05, 0) is 42.9 Å². The van der Waals surface area contributed by atoms with Crippen molar-refractivity contribution >= 4 is 35.6 Å². The van der Waals surface area contributed by atoms with Crippen LogP contribution < -0.4 is 15.5 Å². The molecule has 10 heteroatoms. The van der Waals surface area contributed by atoms with Crippen molar-refractivity contribution in [1.29, 1.82) is 0 Å². The number of aromatic nitrogens is 3. The van der Waals surface area contributed by atoms with E-state index in [2.05, 4.69) is 20.8 Å². The van der Waals surface area contributed by atoms with Crippen LogP contribution in [0.15, 0.2) is 24.3 Å². The summed E-state index contributed by atoms with van der Waals surface area (Å²) in [4.78, 5) is 37.6. The van der Waals surface area contributed by atoms with Gasteiger partial charge in [0.1, 0.15) is 5.82 Å². The van der Waals surface area contributed by atoms with E-state index in [-0.39, 0.29) is 24.3 Å². The monoisotopic (exact) mass is 402 g/mol. The Labute approximate surface area is 167 Å². The van der Waals surface area contributed by atoms with Crippen LogP contribution in [0.2, 0.25) is 0 Å². The first-order chi connectivity index (χ1) is 13.5. The molecule has 1 aliphatic rings. The van der Waals surface area contributed by atoms with Crippen LogP contribution in [0, 0.1) is 4.77 Å². The van der Waals surface area contributed by atoms with E-state index < -0.39 is 0 Å². The van der Waals surface area contributed by atoms with Crippen molar-refractivity contribution in [3.63, 3.8) is 0 Å². The highest BCUT2D eigenvalue weighted by atomic mass is 32.1. The van der Waals surface area contributed by atoms with E-state index in [1.54, 1.807) is 40.8 Å². The topological polar surface area (TPSA) is 112 Å². The van der Waals surface area contributed by atoms with E-state index in [9.17, 15) is 14.4 Å². The van der Waals surface area contributed by atoms with Crippen LogP contribution in [-0.4, -0.2) is 52.1 Å². The lowest BCUT2D eigenvalue weighted by molar-refractivity contribution is -0.120. The number of amides is 3. The summed E-state index contributed by atoms with van der Waals surface area (Å²) in [6.07, 6.45) is 1.94. The van der Waals surface area contributed by atoms with Gasteiger partial charge in [0.2, 0.25) is 11.8 Å². The minimum atomic E-state index is -0.344. The van der Waals surface area contributed by atoms with Crippen LogP contribution in [0.5, 0.6) is 0 Å². The molecule has 0 saturated carbocycles. The van der Waals surface area contributed by atoms with E-state index in [1.807, 2.05) is 0 Å². The number of carbonyl (C=O) groups excluding carboxylic acids is 3.